The van der Waals surface area contributed by atoms with Crippen LogP contribution in [0.15, 0.2) is 0 Å². The fourth-order valence-corrected chi connectivity index (χ4v) is 3.63. The second-order valence-electron chi connectivity index (χ2n) is 5.55. The SMILES string of the molecule is CCc1nn(C)c(CC(NC)C2CCOC2CC)c1Cl. The van der Waals surface area contributed by atoms with Crippen molar-refractivity contribution >= 4 is 11.6 Å². The maximum Gasteiger partial charge on any atom is 0.0850 e. The number of aromatic nitrogens is 2. The summed E-state index contributed by atoms with van der Waals surface area (Å²) in [7, 11) is 4.01. The summed E-state index contributed by atoms with van der Waals surface area (Å²) in [5.41, 5.74) is 2.12. The zero-order valence-corrected chi connectivity index (χ0v) is 13.7. The van der Waals surface area contributed by atoms with Gasteiger partial charge in [-0.05, 0) is 26.3 Å². The van der Waals surface area contributed by atoms with Crippen molar-refractivity contribution in [2.24, 2.45) is 13.0 Å². The van der Waals surface area contributed by atoms with Crippen LogP contribution in [0, 0.1) is 5.92 Å². The summed E-state index contributed by atoms with van der Waals surface area (Å²) in [4.78, 5) is 0. The molecular weight excluding hydrogens is 274 g/mol. The molecular formula is C15H26ClN3O. The van der Waals surface area contributed by atoms with Crippen LogP contribution in [-0.2, 0) is 24.6 Å². The first-order valence-corrected chi connectivity index (χ1v) is 7.99. The van der Waals surface area contributed by atoms with Gasteiger partial charge in [0, 0.05) is 32.0 Å². The molecule has 0 bridgehead atoms. The number of nitrogens with zero attached hydrogens (tertiary/aromatic N) is 2. The summed E-state index contributed by atoms with van der Waals surface area (Å²) in [5.74, 6) is 0.557. The van der Waals surface area contributed by atoms with Crippen molar-refractivity contribution in [2.45, 2.75) is 51.7 Å². The molecule has 3 atom stereocenters. The second kappa shape index (κ2) is 6.92. The number of hydrogen-bond acceptors (Lipinski definition) is 3. The molecule has 1 aliphatic rings. The molecule has 0 spiro atoms. The third-order valence-electron chi connectivity index (χ3n) is 4.47. The number of nitrogens with one attached hydrogen (secondary N) is 1. The van der Waals surface area contributed by atoms with Crippen molar-refractivity contribution in [3.05, 3.63) is 16.4 Å². The first-order valence-electron chi connectivity index (χ1n) is 7.61. The maximum atomic E-state index is 6.47. The van der Waals surface area contributed by atoms with Gasteiger partial charge in [0.2, 0.25) is 0 Å². The number of ether oxygens (including phenoxy) is 1. The molecule has 1 aromatic rings. The van der Waals surface area contributed by atoms with Crippen LogP contribution in [-0.4, -0.2) is 35.6 Å². The number of aryl methyl sites for hydroxylation is 2. The highest BCUT2D eigenvalue weighted by atomic mass is 35.5. The molecule has 2 rings (SSSR count). The highest BCUT2D eigenvalue weighted by molar-refractivity contribution is 6.31. The first-order chi connectivity index (χ1) is 9.62. The second-order valence-corrected chi connectivity index (χ2v) is 5.93. The van der Waals surface area contributed by atoms with Crippen molar-refractivity contribution in [2.75, 3.05) is 13.7 Å². The maximum absolute atomic E-state index is 6.47. The van der Waals surface area contributed by atoms with Crippen molar-refractivity contribution in [3.8, 4) is 0 Å². The smallest absolute Gasteiger partial charge is 0.0850 e. The topological polar surface area (TPSA) is 39.1 Å². The van der Waals surface area contributed by atoms with E-state index in [4.69, 9.17) is 16.3 Å². The first kappa shape index (κ1) is 15.8. The van der Waals surface area contributed by atoms with Gasteiger partial charge in [0.15, 0.2) is 0 Å². The Balaban J connectivity index is 2.16. The van der Waals surface area contributed by atoms with E-state index in [9.17, 15) is 0 Å². The number of likely N-dealkylation sites (N-methyl/N-ethyl adjacent to an activating group) is 1. The van der Waals surface area contributed by atoms with Crippen LogP contribution in [0.2, 0.25) is 5.02 Å². The Hall–Kier alpha value is -0.580. The summed E-state index contributed by atoms with van der Waals surface area (Å²) in [5, 5.41) is 8.80. The summed E-state index contributed by atoms with van der Waals surface area (Å²) in [6.07, 6.45) is 4.34. The Bertz CT molecular complexity index is 447. The number of hydrogen-bond donors (Lipinski definition) is 1. The molecule has 3 unspecified atom stereocenters. The molecule has 114 valence electrons. The van der Waals surface area contributed by atoms with Crippen molar-refractivity contribution in [1.29, 1.82) is 0 Å². The quantitative estimate of drug-likeness (QED) is 0.877. The van der Waals surface area contributed by atoms with Crippen LogP contribution in [0.4, 0.5) is 0 Å². The van der Waals surface area contributed by atoms with Crippen LogP contribution in [0.5, 0.6) is 0 Å². The van der Waals surface area contributed by atoms with Gasteiger partial charge in [-0.2, -0.15) is 5.10 Å². The molecule has 1 aliphatic heterocycles. The highest BCUT2D eigenvalue weighted by Gasteiger charge is 2.33. The van der Waals surface area contributed by atoms with Gasteiger partial charge in [0.1, 0.15) is 0 Å². The Morgan fingerprint density at radius 2 is 2.25 bits per heavy atom. The Morgan fingerprint density at radius 1 is 1.50 bits per heavy atom. The average Bonchev–Trinajstić information content (AvgIpc) is 3.02. The highest BCUT2D eigenvalue weighted by Crippen LogP contribution is 2.30. The molecule has 4 nitrogen and oxygen atoms in total. The normalized spacial score (nSPS) is 24.2. The lowest BCUT2D eigenvalue weighted by atomic mass is 9.88. The van der Waals surface area contributed by atoms with Gasteiger partial charge in [-0.15, -0.1) is 0 Å². The van der Waals surface area contributed by atoms with Gasteiger partial charge in [-0.1, -0.05) is 25.4 Å². The van der Waals surface area contributed by atoms with Crippen LogP contribution >= 0.6 is 11.6 Å². The third-order valence-corrected chi connectivity index (χ3v) is 4.90. The molecule has 5 heteroatoms. The summed E-state index contributed by atoms with van der Waals surface area (Å²) in [6, 6.07) is 0.389. The molecule has 20 heavy (non-hydrogen) atoms. The minimum absolute atomic E-state index is 0.366. The monoisotopic (exact) mass is 299 g/mol. The number of rotatable bonds is 6. The average molecular weight is 300 g/mol. The zero-order chi connectivity index (χ0) is 14.7. The van der Waals surface area contributed by atoms with Gasteiger partial charge >= 0.3 is 0 Å². The molecule has 0 saturated carbocycles. The van der Waals surface area contributed by atoms with E-state index in [2.05, 4.69) is 24.3 Å². The van der Waals surface area contributed by atoms with Crippen LogP contribution < -0.4 is 5.32 Å². The van der Waals surface area contributed by atoms with Crippen LogP contribution in [0.25, 0.3) is 0 Å². The van der Waals surface area contributed by atoms with Crippen molar-refractivity contribution in [3.63, 3.8) is 0 Å². The van der Waals surface area contributed by atoms with Crippen molar-refractivity contribution < 1.29 is 4.74 Å². The van der Waals surface area contributed by atoms with Gasteiger partial charge in [-0.3, -0.25) is 4.68 Å². The van der Waals surface area contributed by atoms with Crippen LogP contribution in [0.3, 0.4) is 0 Å². The Morgan fingerprint density at radius 3 is 2.80 bits per heavy atom. The predicted molar refractivity (Wildman–Crippen MR) is 82.3 cm³/mol. The Labute approximate surface area is 126 Å². The molecule has 0 aliphatic carbocycles. The summed E-state index contributed by atoms with van der Waals surface area (Å²) < 4.78 is 7.76. The summed E-state index contributed by atoms with van der Waals surface area (Å²) in [6.45, 7) is 5.16. The van der Waals surface area contributed by atoms with Crippen molar-refractivity contribution in [1.82, 2.24) is 15.1 Å². The van der Waals surface area contributed by atoms with Gasteiger partial charge < -0.3 is 10.1 Å². The fourth-order valence-electron chi connectivity index (χ4n) is 3.26. The van der Waals surface area contributed by atoms with E-state index < -0.39 is 0 Å². The zero-order valence-electron chi connectivity index (χ0n) is 12.9. The number of halogens is 1. The van der Waals surface area contributed by atoms with E-state index in [1.54, 1.807) is 0 Å². The molecule has 0 radical (unpaired) electrons. The van der Waals surface area contributed by atoms with Crippen LogP contribution in [0.1, 0.15) is 38.1 Å². The van der Waals surface area contributed by atoms with E-state index in [1.807, 2.05) is 18.8 Å². The van der Waals surface area contributed by atoms with Gasteiger partial charge in [-0.25, -0.2) is 0 Å². The lowest BCUT2D eigenvalue weighted by Gasteiger charge is -2.27. The van der Waals surface area contributed by atoms with E-state index in [0.717, 1.165) is 48.7 Å². The van der Waals surface area contributed by atoms with E-state index in [-0.39, 0.29) is 0 Å². The summed E-state index contributed by atoms with van der Waals surface area (Å²) >= 11 is 6.47. The van der Waals surface area contributed by atoms with E-state index in [1.165, 1.54) is 0 Å². The fraction of sp³-hybridized carbons (Fsp3) is 0.800. The van der Waals surface area contributed by atoms with E-state index >= 15 is 0 Å². The minimum Gasteiger partial charge on any atom is -0.378 e. The lowest BCUT2D eigenvalue weighted by molar-refractivity contribution is 0.0781. The standard InChI is InChI=1S/C15H26ClN3O/c1-5-11-15(16)13(19(4)18-11)9-12(17-3)10-7-8-20-14(10)6-2/h10,12,14,17H,5-9H2,1-4H3. The largest absolute Gasteiger partial charge is 0.378 e. The molecule has 1 saturated heterocycles. The third kappa shape index (κ3) is 3.02. The molecule has 0 amide bonds. The van der Waals surface area contributed by atoms with Gasteiger partial charge in [0.05, 0.1) is 22.5 Å². The molecule has 1 fully saturated rings. The van der Waals surface area contributed by atoms with Gasteiger partial charge in [0.25, 0.3) is 0 Å². The Kier molecular flexibility index (Phi) is 5.47. The predicted octanol–water partition coefficient (Wildman–Crippen LogP) is 2.58. The molecule has 1 N–H and O–H groups in total. The molecule has 2 heterocycles. The lowest BCUT2D eigenvalue weighted by Crippen LogP contribution is -2.40. The van der Waals surface area contributed by atoms with E-state index in [0.29, 0.717) is 18.1 Å². The minimum atomic E-state index is 0.366. The molecule has 1 aromatic heterocycles. The molecule has 0 aromatic carbocycles.